The summed E-state index contributed by atoms with van der Waals surface area (Å²) in [4.78, 5) is 11.8. The van der Waals surface area contributed by atoms with Gasteiger partial charge in [-0.15, -0.1) is 0 Å². The number of hydrogen-bond donors (Lipinski definition) is 2. The Morgan fingerprint density at radius 3 is 2.74 bits per heavy atom. The van der Waals surface area contributed by atoms with Crippen LogP contribution in [0.5, 0.6) is 0 Å². The second-order valence-corrected chi connectivity index (χ2v) is 4.82. The van der Waals surface area contributed by atoms with Gasteiger partial charge in [0.25, 0.3) is 0 Å². The summed E-state index contributed by atoms with van der Waals surface area (Å²) < 4.78 is 1.88. The number of nitrogens with zero attached hydrogens (tertiary/aromatic N) is 2. The van der Waals surface area contributed by atoms with Crippen molar-refractivity contribution in [3.63, 3.8) is 0 Å². The highest BCUT2D eigenvalue weighted by atomic mass is 16.2. The first kappa shape index (κ1) is 11.9. The number of fused-ring (bicyclic) bond motifs is 1. The molecule has 3 rings (SSSR count). The van der Waals surface area contributed by atoms with E-state index in [-0.39, 0.29) is 11.9 Å². The van der Waals surface area contributed by atoms with Gasteiger partial charge in [-0.2, -0.15) is 5.10 Å². The fourth-order valence-corrected chi connectivity index (χ4v) is 2.56. The zero-order chi connectivity index (χ0) is 13.6. The van der Waals surface area contributed by atoms with Crippen molar-refractivity contribution in [3.8, 4) is 5.69 Å². The van der Waals surface area contributed by atoms with Crippen LogP contribution in [0.15, 0.2) is 24.3 Å². The molecule has 0 fully saturated rings. The second kappa shape index (κ2) is 4.20. The lowest BCUT2D eigenvalue weighted by Gasteiger charge is -2.08. The number of benzene rings is 1. The van der Waals surface area contributed by atoms with Crippen LogP contribution in [0.3, 0.4) is 0 Å². The van der Waals surface area contributed by atoms with E-state index in [0.29, 0.717) is 0 Å². The summed E-state index contributed by atoms with van der Waals surface area (Å²) in [5.41, 5.74) is 4.86. The summed E-state index contributed by atoms with van der Waals surface area (Å²) in [5, 5.41) is 10.4. The van der Waals surface area contributed by atoms with Crippen molar-refractivity contribution < 1.29 is 4.79 Å². The third-order valence-corrected chi connectivity index (χ3v) is 3.41. The summed E-state index contributed by atoms with van der Waals surface area (Å²) >= 11 is 0. The number of aryl methyl sites for hydroxylation is 2. The van der Waals surface area contributed by atoms with Crippen LogP contribution < -0.4 is 10.6 Å². The van der Waals surface area contributed by atoms with Crippen molar-refractivity contribution >= 4 is 11.6 Å². The molecule has 2 aromatic rings. The Balaban J connectivity index is 2.07. The van der Waals surface area contributed by atoms with Gasteiger partial charge in [-0.3, -0.25) is 4.79 Å². The molecule has 0 bridgehead atoms. The number of carbonyl (C=O) groups excluding carboxylic acids is 1. The molecule has 1 unspecified atom stereocenters. The Bertz CT molecular complexity index is 659. The van der Waals surface area contributed by atoms with Gasteiger partial charge < -0.3 is 10.6 Å². The van der Waals surface area contributed by atoms with Crippen LogP contribution in [0, 0.1) is 13.8 Å². The first-order valence-corrected chi connectivity index (χ1v) is 6.26. The van der Waals surface area contributed by atoms with Crippen molar-refractivity contribution in [1.29, 1.82) is 0 Å². The molecule has 98 valence electrons. The summed E-state index contributed by atoms with van der Waals surface area (Å²) in [7, 11) is 1.79. The lowest BCUT2D eigenvalue weighted by molar-refractivity contribution is -0.117. The molecule has 2 N–H and O–H groups in total. The molecule has 1 aliphatic heterocycles. The van der Waals surface area contributed by atoms with Gasteiger partial charge in [0.05, 0.1) is 11.4 Å². The predicted molar refractivity (Wildman–Crippen MR) is 73.5 cm³/mol. The van der Waals surface area contributed by atoms with Gasteiger partial charge in [0, 0.05) is 16.9 Å². The molecule has 1 amide bonds. The average Bonchev–Trinajstić information content (AvgIpc) is 2.86. The molecule has 0 saturated carbocycles. The van der Waals surface area contributed by atoms with Crippen LogP contribution in [-0.2, 0) is 4.79 Å². The molecule has 1 aliphatic rings. The Morgan fingerprint density at radius 1 is 1.32 bits per heavy atom. The zero-order valence-corrected chi connectivity index (χ0v) is 11.2. The van der Waals surface area contributed by atoms with Crippen molar-refractivity contribution in [2.75, 3.05) is 12.4 Å². The molecular formula is C14H16N4O. The van der Waals surface area contributed by atoms with E-state index in [0.717, 1.165) is 28.3 Å². The molecule has 1 aromatic carbocycles. The normalized spacial score (nSPS) is 17.4. The standard InChI is InChI=1S/C14H16N4O/c1-8-6-9(2)18(17-8)10-4-5-11-12(7-10)16-14(19)13(11)15-3/h4-7,13,15H,1-3H3,(H,16,19). The molecule has 1 aromatic heterocycles. The summed E-state index contributed by atoms with van der Waals surface area (Å²) in [6.45, 7) is 3.98. The van der Waals surface area contributed by atoms with Crippen molar-refractivity contribution in [3.05, 3.63) is 41.2 Å². The molecule has 1 atom stereocenters. The number of hydrogen-bond acceptors (Lipinski definition) is 3. The van der Waals surface area contributed by atoms with Crippen molar-refractivity contribution in [2.45, 2.75) is 19.9 Å². The minimum absolute atomic E-state index is 0.0111. The molecule has 2 heterocycles. The number of aromatic nitrogens is 2. The third kappa shape index (κ3) is 1.82. The number of amides is 1. The molecule has 5 heteroatoms. The molecule has 5 nitrogen and oxygen atoms in total. The van der Waals surface area contributed by atoms with E-state index in [9.17, 15) is 4.79 Å². The molecular weight excluding hydrogens is 240 g/mol. The molecule has 19 heavy (non-hydrogen) atoms. The maximum atomic E-state index is 11.8. The van der Waals surface area contributed by atoms with E-state index >= 15 is 0 Å². The van der Waals surface area contributed by atoms with E-state index in [1.165, 1.54) is 0 Å². The minimum Gasteiger partial charge on any atom is -0.324 e. The van der Waals surface area contributed by atoms with Crippen LogP contribution in [-0.4, -0.2) is 22.7 Å². The fraction of sp³-hybridized carbons (Fsp3) is 0.286. The highest BCUT2D eigenvalue weighted by molar-refractivity contribution is 6.02. The third-order valence-electron chi connectivity index (χ3n) is 3.41. The van der Waals surface area contributed by atoms with Crippen molar-refractivity contribution in [2.24, 2.45) is 0 Å². The number of likely N-dealkylation sites (N-methyl/N-ethyl adjacent to an activating group) is 1. The second-order valence-electron chi connectivity index (χ2n) is 4.82. The number of carbonyl (C=O) groups is 1. The lowest BCUT2D eigenvalue weighted by Crippen LogP contribution is -2.23. The van der Waals surface area contributed by atoms with E-state index < -0.39 is 0 Å². The fourth-order valence-electron chi connectivity index (χ4n) is 2.56. The maximum absolute atomic E-state index is 11.8. The van der Waals surface area contributed by atoms with E-state index in [1.807, 2.05) is 42.8 Å². The van der Waals surface area contributed by atoms with Crippen LogP contribution >= 0.6 is 0 Å². The van der Waals surface area contributed by atoms with Gasteiger partial charge in [0.15, 0.2) is 0 Å². The number of anilines is 1. The predicted octanol–water partition coefficient (Wildman–Crippen LogP) is 1.70. The zero-order valence-electron chi connectivity index (χ0n) is 11.2. The lowest BCUT2D eigenvalue weighted by atomic mass is 10.1. The number of nitrogens with one attached hydrogen (secondary N) is 2. The maximum Gasteiger partial charge on any atom is 0.246 e. The van der Waals surface area contributed by atoms with Gasteiger partial charge in [0.2, 0.25) is 5.91 Å². The van der Waals surface area contributed by atoms with Crippen LogP contribution in [0.25, 0.3) is 5.69 Å². The highest BCUT2D eigenvalue weighted by Crippen LogP contribution is 2.32. The SMILES string of the molecule is CNC1C(=O)Nc2cc(-n3nc(C)cc3C)ccc21. The first-order valence-electron chi connectivity index (χ1n) is 6.26. The topological polar surface area (TPSA) is 59.0 Å². The monoisotopic (exact) mass is 256 g/mol. The molecule has 0 spiro atoms. The van der Waals surface area contributed by atoms with Crippen molar-refractivity contribution in [1.82, 2.24) is 15.1 Å². The van der Waals surface area contributed by atoms with Gasteiger partial charge in [0.1, 0.15) is 6.04 Å². The highest BCUT2D eigenvalue weighted by Gasteiger charge is 2.29. The van der Waals surface area contributed by atoms with E-state index in [2.05, 4.69) is 15.7 Å². The Kier molecular flexibility index (Phi) is 2.64. The smallest absolute Gasteiger partial charge is 0.246 e. The quantitative estimate of drug-likeness (QED) is 0.860. The van der Waals surface area contributed by atoms with E-state index in [1.54, 1.807) is 7.05 Å². The van der Waals surface area contributed by atoms with E-state index in [4.69, 9.17) is 0 Å². The summed E-state index contributed by atoms with van der Waals surface area (Å²) in [6.07, 6.45) is 0. The van der Waals surface area contributed by atoms with Crippen LogP contribution in [0.4, 0.5) is 5.69 Å². The Morgan fingerprint density at radius 2 is 2.11 bits per heavy atom. The molecule has 0 saturated heterocycles. The van der Waals surface area contributed by atoms with Crippen LogP contribution in [0.1, 0.15) is 23.0 Å². The molecule has 0 radical (unpaired) electrons. The van der Waals surface area contributed by atoms with Gasteiger partial charge in [-0.25, -0.2) is 4.68 Å². The number of rotatable bonds is 2. The Hall–Kier alpha value is -2.14. The first-order chi connectivity index (χ1) is 9.10. The van der Waals surface area contributed by atoms with Crippen LogP contribution in [0.2, 0.25) is 0 Å². The Labute approximate surface area is 111 Å². The van der Waals surface area contributed by atoms with Gasteiger partial charge in [-0.05, 0) is 39.1 Å². The summed E-state index contributed by atoms with van der Waals surface area (Å²) in [5.74, 6) is -0.0111. The minimum atomic E-state index is -0.260. The average molecular weight is 256 g/mol. The molecule has 0 aliphatic carbocycles. The van der Waals surface area contributed by atoms with Gasteiger partial charge in [-0.1, -0.05) is 6.07 Å². The largest absolute Gasteiger partial charge is 0.324 e. The summed E-state index contributed by atoms with van der Waals surface area (Å²) in [6, 6.07) is 7.69. The van der Waals surface area contributed by atoms with Gasteiger partial charge >= 0.3 is 0 Å².